The van der Waals surface area contributed by atoms with Gasteiger partial charge in [0.25, 0.3) is 0 Å². The molecule has 2 aliphatic carbocycles. The third-order valence-electron chi connectivity index (χ3n) is 11.9. The highest BCUT2D eigenvalue weighted by molar-refractivity contribution is 5.79. The molecular weight excluding hydrogens is 736 g/mol. The second-order valence-corrected chi connectivity index (χ2v) is 16.3. The third kappa shape index (κ3) is 12.2. The lowest BCUT2D eigenvalue weighted by atomic mass is 9.85. The van der Waals surface area contributed by atoms with Crippen LogP contribution in [0.25, 0.3) is 0 Å². The molecule has 0 unspecified atom stereocenters. The third-order valence-corrected chi connectivity index (χ3v) is 11.9. The minimum atomic E-state index is -4.42. The molecule has 2 aromatic rings. The molecule has 6 rings (SSSR count). The molecule has 3 heterocycles. The second-order valence-electron chi connectivity index (χ2n) is 16.3. The molecule has 4 fully saturated rings. The molecule has 2 amide bonds. The minimum Gasteiger partial charge on any atom is -0.382 e. The van der Waals surface area contributed by atoms with Crippen molar-refractivity contribution in [3.8, 4) is 0 Å². The molecule has 9 nitrogen and oxygen atoms in total. The largest absolute Gasteiger partial charge is 0.433 e. The zero-order chi connectivity index (χ0) is 40.6. The molecule has 312 valence electrons. The van der Waals surface area contributed by atoms with E-state index in [0.29, 0.717) is 23.5 Å². The van der Waals surface area contributed by atoms with E-state index >= 15 is 0 Å². The van der Waals surface area contributed by atoms with Crippen LogP contribution in [0.15, 0.2) is 42.6 Å². The van der Waals surface area contributed by atoms with Crippen LogP contribution in [-0.2, 0) is 21.9 Å². The molecule has 0 radical (unpaired) electrons. The monoisotopic (exact) mass is 795 g/mol. The van der Waals surface area contributed by atoms with Crippen LogP contribution in [0, 0.1) is 11.8 Å². The van der Waals surface area contributed by atoms with Crippen LogP contribution in [0.3, 0.4) is 0 Å². The van der Waals surface area contributed by atoms with E-state index in [1.54, 1.807) is 0 Å². The maximum Gasteiger partial charge on any atom is 0.433 e. The van der Waals surface area contributed by atoms with E-state index in [0.717, 1.165) is 122 Å². The number of aromatic nitrogens is 1. The number of hydrogen-bond acceptors (Lipinski definition) is 7. The van der Waals surface area contributed by atoms with E-state index in [1.165, 1.54) is 24.4 Å². The maximum absolute atomic E-state index is 12.8. The first kappa shape index (κ1) is 43.5. The molecule has 2 saturated carbocycles. The summed E-state index contributed by atoms with van der Waals surface area (Å²) >= 11 is 0. The van der Waals surface area contributed by atoms with Gasteiger partial charge in [0.2, 0.25) is 11.8 Å². The van der Waals surface area contributed by atoms with Gasteiger partial charge in [0.1, 0.15) is 5.69 Å². The molecule has 2 saturated heterocycles. The Bertz CT molecular complexity index is 1410. The number of carbonyl (C=O) groups is 2. The molecular formula is C41H59F6N7O2. The summed E-state index contributed by atoms with van der Waals surface area (Å²) in [5.74, 6) is 0.681. The van der Waals surface area contributed by atoms with E-state index in [2.05, 4.69) is 53.1 Å². The number of alkyl halides is 6. The zero-order valence-electron chi connectivity index (χ0n) is 33.1. The summed E-state index contributed by atoms with van der Waals surface area (Å²) in [5, 5.41) is 6.57. The number of pyridine rings is 1. The lowest BCUT2D eigenvalue weighted by molar-refractivity contribution is -0.141. The van der Waals surface area contributed by atoms with E-state index in [4.69, 9.17) is 0 Å². The fourth-order valence-corrected chi connectivity index (χ4v) is 8.28. The summed E-state index contributed by atoms with van der Waals surface area (Å²) in [7, 11) is 0. The van der Waals surface area contributed by atoms with Gasteiger partial charge in [0.05, 0.1) is 17.4 Å². The van der Waals surface area contributed by atoms with E-state index < -0.39 is 23.6 Å². The van der Waals surface area contributed by atoms with Gasteiger partial charge in [-0.05, 0) is 115 Å². The van der Waals surface area contributed by atoms with Crippen LogP contribution < -0.4 is 10.6 Å². The summed E-state index contributed by atoms with van der Waals surface area (Å²) in [6.45, 7) is 15.7. The molecule has 2 N–H and O–H groups in total. The fraction of sp³-hybridized carbons (Fsp3) is 0.683. The Kier molecular flexibility index (Phi) is 15.0. The Labute approximate surface area is 327 Å². The Balaban J connectivity index is 0.000000214. The smallest absolute Gasteiger partial charge is 0.382 e. The van der Waals surface area contributed by atoms with Crippen LogP contribution >= 0.6 is 0 Å². The first-order valence-corrected chi connectivity index (χ1v) is 20.3. The average Bonchev–Trinajstić information content (AvgIpc) is 3.18. The van der Waals surface area contributed by atoms with Crippen LogP contribution in [0.5, 0.6) is 0 Å². The molecule has 2 aliphatic heterocycles. The topological polar surface area (TPSA) is 84.0 Å². The number of carbonyl (C=O) groups excluding carboxylic acids is 2. The number of benzene rings is 1. The molecule has 0 bridgehead atoms. The van der Waals surface area contributed by atoms with Crippen molar-refractivity contribution in [2.75, 3.05) is 63.0 Å². The van der Waals surface area contributed by atoms with Gasteiger partial charge >= 0.3 is 12.4 Å². The fourth-order valence-electron chi connectivity index (χ4n) is 8.28. The molecule has 1 aromatic heterocycles. The number of rotatable bonds is 8. The average molecular weight is 796 g/mol. The normalized spacial score (nSPS) is 24.4. The number of nitrogens with zero attached hydrogens (tertiary/aromatic N) is 5. The van der Waals surface area contributed by atoms with Gasteiger partial charge in [-0.1, -0.05) is 0 Å². The zero-order valence-corrected chi connectivity index (χ0v) is 33.1. The predicted molar refractivity (Wildman–Crippen MR) is 206 cm³/mol. The minimum absolute atomic E-state index is 0.0642. The number of amides is 2. The molecule has 0 atom stereocenters. The highest BCUT2D eigenvalue weighted by Gasteiger charge is 2.35. The standard InChI is InChI=1S/C21H30F3N3O.C20H29F3N4O/c1-15(2)26-11-13-27(14-12-26)20(28)16-3-7-18(8-4-16)25-19-9-5-17(6-10-19)21(22,23)24;1-14(2)26-9-11-27(12-10-26)19(28)15-3-5-16(6-4-15)25-17-7-8-18(24-13-17)20(21,22)23/h5-6,9-10,15-16,18,25H,3-4,7-8,11-14H2,1-2H3;7-8,13-16,25H,3-6,9-12H2,1-2H3. The molecule has 4 aliphatic rings. The van der Waals surface area contributed by atoms with Gasteiger partial charge < -0.3 is 20.4 Å². The maximum atomic E-state index is 12.8. The van der Waals surface area contributed by atoms with Crippen molar-refractivity contribution in [1.29, 1.82) is 0 Å². The van der Waals surface area contributed by atoms with Crippen molar-refractivity contribution in [2.24, 2.45) is 11.8 Å². The summed E-state index contributed by atoms with van der Waals surface area (Å²) in [4.78, 5) is 37.9. The number of nitrogens with one attached hydrogen (secondary N) is 2. The second kappa shape index (κ2) is 19.2. The van der Waals surface area contributed by atoms with Gasteiger partial charge in [0, 0.05) is 94.0 Å². The first-order chi connectivity index (χ1) is 26.5. The number of hydrogen-bond donors (Lipinski definition) is 2. The lowest BCUT2D eigenvalue weighted by Gasteiger charge is -2.39. The lowest BCUT2D eigenvalue weighted by Crippen LogP contribution is -2.52. The van der Waals surface area contributed by atoms with Crippen molar-refractivity contribution in [3.05, 3.63) is 53.9 Å². The molecule has 56 heavy (non-hydrogen) atoms. The molecule has 1 aromatic carbocycles. The van der Waals surface area contributed by atoms with E-state index in [9.17, 15) is 35.9 Å². The Morgan fingerprint density at radius 1 is 0.571 bits per heavy atom. The van der Waals surface area contributed by atoms with Crippen molar-refractivity contribution >= 4 is 23.2 Å². The van der Waals surface area contributed by atoms with Crippen molar-refractivity contribution in [3.63, 3.8) is 0 Å². The van der Waals surface area contributed by atoms with Crippen LogP contribution in [0.1, 0.15) is 90.3 Å². The Morgan fingerprint density at radius 2 is 0.964 bits per heavy atom. The number of halogens is 6. The summed E-state index contributed by atoms with van der Waals surface area (Å²) in [5.41, 5.74) is -0.227. The molecule has 15 heteroatoms. The predicted octanol–water partition coefficient (Wildman–Crippen LogP) is 7.85. The van der Waals surface area contributed by atoms with Crippen molar-refractivity contribution < 1.29 is 35.9 Å². The van der Waals surface area contributed by atoms with Crippen molar-refractivity contribution in [2.45, 2.75) is 116 Å². The highest BCUT2D eigenvalue weighted by Crippen LogP contribution is 2.33. The number of piperazine rings is 2. The van der Waals surface area contributed by atoms with Gasteiger partial charge in [-0.15, -0.1) is 0 Å². The quantitative estimate of drug-likeness (QED) is 0.264. The SMILES string of the molecule is CC(C)N1CCN(C(=O)C2CCC(Nc3ccc(C(F)(F)F)cc3)CC2)CC1.CC(C)N1CCN(C(=O)C2CCC(Nc3ccc(C(F)(F)F)nc3)CC2)CC1. The van der Waals surface area contributed by atoms with Gasteiger partial charge in [0.15, 0.2) is 0 Å². The summed E-state index contributed by atoms with van der Waals surface area (Å²) in [6, 6.07) is 8.99. The van der Waals surface area contributed by atoms with Gasteiger partial charge in [-0.3, -0.25) is 19.4 Å². The first-order valence-electron chi connectivity index (χ1n) is 20.3. The highest BCUT2D eigenvalue weighted by atomic mass is 19.4. The van der Waals surface area contributed by atoms with Crippen LogP contribution in [-0.4, -0.2) is 113 Å². The molecule has 0 spiro atoms. The van der Waals surface area contributed by atoms with E-state index in [1.807, 2.05) is 9.80 Å². The Hall–Kier alpha value is -3.59. The Morgan fingerprint density at radius 3 is 1.30 bits per heavy atom. The van der Waals surface area contributed by atoms with Crippen LogP contribution in [0.2, 0.25) is 0 Å². The van der Waals surface area contributed by atoms with Crippen LogP contribution in [0.4, 0.5) is 37.7 Å². The van der Waals surface area contributed by atoms with E-state index in [-0.39, 0.29) is 35.7 Å². The van der Waals surface area contributed by atoms with Gasteiger partial charge in [-0.2, -0.15) is 26.3 Å². The number of anilines is 2. The summed E-state index contributed by atoms with van der Waals surface area (Å²) < 4.78 is 75.7. The van der Waals surface area contributed by atoms with Gasteiger partial charge in [-0.25, -0.2) is 4.98 Å². The van der Waals surface area contributed by atoms with Crippen molar-refractivity contribution in [1.82, 2.24) is 24.6 Å². The summed E-state index contributed by atoms with van der Waals surface area (Å²) in [6.07, 6.45) is -0.796.